The third-order valence-electron chi connectivity index (χ3n) is 4.05. The first-order chi connectivity index (χ1) is 13.3. The lowest BCUT2D eigenvalue weighted by Crippen LogP contribution is -2.27. The molecule has 0 aromatic rings. The summed E-state index contributed by atoms with van der Waals surface area (Å²) in [5, 5.41) is 26.9. The maximum absolute atomic E-state index is 11.8. The molecule has 0 aliphatic carbocycles. The number of unbranched alkanes of at least 4 members (excludes halogenated alkanes) is 8. The van der Waals surface area contributed by atoms with Gasteiger partial charge in [-0.2, -0.15) is 0 Å². The molecule has 10 heteroatoms. The number of hydrogen-bond acceptors (Lipinski definition) is 8. The van der Waals surface area contributed by atoms with Gasteiger partial charge in [0.2, 0.25) is 0 Å². The zero-order valence-electron chi connectivity index (χ0n) is 16.8. The van der Waals surface area contributed by atoms with Crippen molar-refractivity contribution in [3.63, 3.8) is 0 Å². The molecule has 0 aromatic heterocycles. The second-order valence-corrected chi connectivity index (χ2v) is 8.22. The first-order valence-corrected chi connectivity index (χ1v) is 11.5. The smallest absolute Gasteiger partial charge is 0.457 e. The standard InChI is InChI=1S/C18H37O9P/c1-2-3-4-5-6-7-8-9-10-11-18(22)27-17(13-20)15-26-28(23,24)25-14-16(21)12-19/h16-17,19-21H,2-15H2,1H3,(H,23,24). The molecule has 4 N–H and O–H groups in total. The summed E-state index contributed by atoms with van der Waals surface area (Å²) in [5.74, 6) is -0.505. The Hall–Kier alpha value is -0.540. The summed E-state index contributed by atoms with van der Waals surface area (Å²) < 4.78 is 25.7. The molecule has 0 fully saturated rings. The Kier molecular flexibility index (Phi) is 17.0. The van der Waals surface area contributed by atoms with Gasteiger partial charge in [0, 0.05) is 6.42 Å². The maximum atomic E-state index is 11.8. The molecular weight excluding hydrogens is 391 g/mol. The van der Waals surface area contributed by atoms with E-state index in [-0.39, 0.29) is 6.42 Å². The molecule has 3 unspecified atom stereocenters. The van der Waals surface area contributed by atoms with E-state index in [9.17, 15) is 19.4 Å². The Bertz CT molecular complexity index is 433. The summed E-state index contributed by atoms with van der Waals surface area (Å²) in [6.45, 7) is -0.124. The van der Waals surface area contributed by atoms with E-state index in [4.69, 9.17) is 14.9 Å². The first kappa shape index (κ1) is 27.5. The van der Waals surface area contributed by atoms with Crippen LogP contribution in [0.15, 0.2) is 0 Å². The topological polar surface area (TPSA) is 143 Å². The van der Waals surface area contributed by atoms with Gasteiger partial charge in [-0.1, -0.05) is 58.3 Å². The fraction of sp³-hybridized carbons (Fsp3) is 0.944. The molecule has 0 rings (SSSR count). The molecule has 0 heterocycles. The summed E-state index contributed by atoms with van der Waals surface area (Å²) in [6.07, 6.45) is 7.91. The number of aliphatic hydroxyl groups excluding tert-OH is 3. The molecule has 168 valence electrons. The largest absolute Gasteiger partial charge is 0.472 e. The predicted molar refractivity (Wildman–Crippen MR) is 104 cm³/mol. The van der Waals surface area contributed by atoms with E-state index in [0.29, 0.717) is 6.42 Å². The zero-order chi connectivity index (χ0) is 21.3. The minimum Gasteiger partial charge on any atom is -0.457 e. The quantitative estimate of drug-likeness (QED) is 0.138. The number of carbonyl (C=O) groups excluding carboxylic acids is 1. The lowest BCUT2D eigenvalue weighted by Gasteiger charge is -2.18. The molecule has 0 spiro atoms. The SMILES string of the molecule is CCCCCCCCCCCC(=O)OC(CO)COP(=O)(O)OCC(O)CO. The number of rotatable bonds is 19. The van der Waals surface area contributed by atoms with Crippen molar-refractivity contribution in [2.45, 2.75) is 83.3 Å². The highest BCUT2D eigenvalue weighted by Crippen LogP contribution is 2.43. The van der Waals surface area contributed by atoms with Gasteiger partial charge < -0.3 is 24.9 Å². The third kappa shape index (κ3) is 16.4. The van der Waals surface area contributed by atoms with E-state index in [0.717, 1.165) is 19.3 Å². The first-order valence-electron chi connectivity index (χ1n) is 10.1. The fourth-order valence-corrected chi connectivity index (χ4v) is 3.19. The van der Waals surface area contributed by atoms with Crippen LogP contribution in [0.1, 0.15) is 71.1 Å². The van der Waals surface area contributed by atoms with Crippen molar-refractivity contribution in [3.05, 3.63) is 0 Å². The van der Waals surface area contributed by atoms with Crippen LogP contribution in [0.3, 0.4) is 0 Å². The molecule has 0 saturated carbocycles. The van der Waals surface area contributed by atoms with Crippen LogP contribution in [0.5, 0.6) is 0 Å². The highest BCUT2D eigenvalue weighted by Gasteiger charge is 2.25. The number of phosphoric acid groups is 1. The van der Waals surface area contributed by atoms with Crippen LogP contribution in [-0.2, 0) is 23.1 Å². The van der Waals surface area contributed by atoms with Crippen LogP contribution in [0.2, 0.25) is 0 Å². The van der Waals surface area contributed by atoms with Gasteiger partial charge in [-0.15, -0.1) is 0 Å². The summed E-state index contributed by atoms with van der Waals surface area (Å²) >= 11 is 0. The number of carbonyl (C=O) groups is 1. The van der Waals surface area contributed by atoms with Crippen LogP contribution >= 0.6 is 7.82 Å². The lowest BCUT2D eigenvalue weighted by molar-refractivity contribution is -0.153. The minimum atomic E-state index is -4.49. The van der Waals surface area contributed by atoms with E-state index < -0.39 is 52.4 Å². The number of esters is 1. The van der Waals surface area contributed by atoms with Crippen molar-refractivity contribution in [1.82, 2.24) is 0 Å². The fourth-order valence-electron chi connectivity index (χ4n) is 2.40. The monoisotopic (exact) mass is 428 g/mol. The molecule has 0 bridgehead atoms. The average molecular weight is 428 g/mol. The summed E-state index contributed by atoms with van der Waals surface area (Å²) in [5.41, 5.74) is 0. The Balaban J connectivity index is 3.86. The van der Waals surface area contributed by atoms with Crippen LogP contribution in [0, 0.1) is 0 Å². The van der Waals surface area contributed by atoms with Gasteiger partial charge in [-0.3, -0.25) is 13.8 Å². The van der Waals surface area contributed by atoms with Crippen molar-refractivity contribution >= 4 is 13.8 Å². The van der Waals surface area contributed by atoms with E-state index >= 15 is 0 Å². The second kappa shape index (κ2) is 17.3. The molecule has 0 saturated heterocycles. The zero-order valence-corrected chi connectivity index (χ0v) is 17.7. The summed E-state index contributed by atoms with van der Waals surface area (Å²) in [7, 11) is -4.49. The molecular formula is C18H37O9P. The Morgan fingerprint density at radius 3 is 1.96 bits per heavy atom. The number of ether oxygens (including phenoxy) is 1. The van der Waals surface area contributed by atoms with Gasteiger partial charge in [0.1, 0.15) is 12.2 Å². The third-order valence-corrected chi connectivity index (χ3v) is 5.00. The summed E-state index contributed by atoms with van der Waals surface area (Å²) in [6, 6.07) is 0. The predicted octanol–water partition coefficient (Wildman–Crippen LogP) is 2.30. The van der Waals surface area contributed by atoms with Crippen LogP contribution in [0.25, 0.3) is 0 Å². The van der Waals surface area contributed by atoms with Gasteiger partial charge in [0.05, 0.1) is 26.4 Å². The van der Waals surface area contributed by atoms with Crippen molar-refractivity contribution in [3.8, 4) is 0 Å². The van der Waals surface area contributed by atoms with Gasteiger partial charge in [-0.05, 0) is 6.42 Å². The molecule has 0 radical (unpaired) electrons. The van der Waals surface area contributed by atoms with E-state index in [1.165, 1.54) is 32.1 Å². The van der Waals surface area contributed by atoms with Crippen LogP contribution in [-0.4, -0.2) is 64.8 Å². The van der Waals surface area contributed by atoms with Crippen molar-refractivity contribution in [2.24, 2.45) is 0 Å². The van der Waals surface area contributed by atoms with Crippen LogP contribution < -0.4 is 0 Å². The Morgan fingerprint density at radius 1 is 0.893 bits per heavy atom. The van der Waals surface area contributed by atoms with Gasteiger partial charge >= 0.3 is 13.8 Å². The normalized spacial score (nSPS) is 15.8. The highest BCUT2D eigenvalue weighted by molar-refractivity contribution is 7.47. The number of aliphatic hydroxyl groups is 3. The Labute approximate surface area is 167 Å². The number of hydrogen-bond donors (Lipinski definition) is 4. The Morgan fingerprint density at radius 2 is 1.43 bits per heavy atom. The molecule has 9 nitrogen and oxygen atoms in total. The maximum Gasteiger partial charge on any atom is 0.472 e. The highest BCUT2D eigenvalue weighted by atomic mass is 31.2. The van der Waals surface area contributed by atoms with Gasteiger partial charge in [0.25, 0.3) is 0 Å². The summed E-state index contributed by atoms with van der Waals surface area (Å²) in [4.78, 5) is 21.2. The van der Waals surface area contributed by atoms with E-state index in [2.05, 4.69) is 16.0 Å². The van der Waals surface area contributed by atoms with Crippen LogP contribution in [0.4, 0.5) is 0 Å². The molecule has 3 atom stereocenters. The van der Waals surface area contributed by atoms with Crippen molar-refractivity contribution < 1.29 is 43.4 Å². The molecule has 0 amide bonds. The molecule has 0 aromatic carbocycles. The second-order valence-electron chi connectivity index (χ2n) is 6.77. The molecule has 0 aliphatic heterocycles. The van der Waals surface area contributed by atoms with E-state index in [1.807, 2.05) is 0 Å². The van der Waals surface area contributed by atoms with Gasteiger partial charge in [-0.25, -0.2) is 4.57 Å². The van der Waals surface area contributed by atoms with Crippen molar-refractivity contribution in [2.75, 3.05) is 26.4 Å². The van der Waals surface area contributed by atoms with Gasteiger partial charge in [0.15, 0.2) is 0 Å². The minimum absolute atomic E-state index is 0.211. The molecule has 0 aliphatic rings. The molecule has 28 heavy (non-hydrogen) atoms. The van der Waals surface area contributed by atoms with E-state index in [1.54, 1.807) is 0 Å². The van der Waals surface area contributed by atoms with Crippen molar-refractivity contribution in [1.29, 1.82) is 0 Å². The number of phosphoric ester groups is 1. The average Bonchev–Trinajstić information content (AvgIpc) is 2.68. The lowest BCUT2D eigenvalue weighted by atomic mass is 10.1.